The molecule has 0 saturated heterocycles. The summed E-state index contributed by atoms with van der Waals surface area (Å²) in [4.78, 5) is 0.589. The molecule has 0 heterocycles. The first kappa shape index (κ1) is 12.2. The Balaban J connectivity index is 2.56. The Kier molecular flexibility index (Phi) is 4.07. The number of halogens is 1. The maximum absolute atomic E-state index is 3.89. The van der Waals surface area contributed by atoms with Crippen LogP contribution in [-0.2, 0) is 19.3 Å². The second kappa shape index (κ2) is 5.35. The molecular weight excluding hydrogens is 260 g/mol. The summed E-state index contributed by atoms with van der Waals surface area (Å²) >= 11 is 3.89. The molecule has 0 radical (unpaired) electrons. The van der Waals surface area contributed by atoms with Crippen LogP contribution in [-0.4, -0.2) is 0 Å². The third kappa shape index (κ3) is 2.20. The zero-order valence-electron chi connectivity index (χ0n) is 10.4. The Morgan fingerprint density at radius 1 is 1.12 bits per heavy atom. The maximum Gasteiger partial charge on any atom is 0.0400 e. The predicted octanol–water partition coefficient (Wildman–Crippen LogP) is 4.97. The highest BCUT2D eigenvalue weighted by atomic mass is 79.9. The van der Waals surface area contributed by atoms with Gasteiger partial charge in [-0.2, -0.15) is 0 Å². The molecule has 1 aliphatic rings. The number of rotatable bonds is 2. The maximum atomic E-state index is 3.89. The Morgan fingerprint density at radius 2 is 1.81 bits per heavy atom. The van der Waals surface area contributed by atoms with Crippen molar-refractivity contribution in [3.05, 3.63) is 34.4 Å². The second-order valence-corrected chi connectivity index (χ2v) is 5.80. The molecule has 0 fully saturated rings. The number of hydrogen-bond acceptors (Lipinski definition) is 0. The van der Waals surface area contributed by atoms with Gasteiger partial charge in [-0.25, -0.2) is 0 Å². The zero-order valence-corrected chi connectivity index (χ0v) is 11.9. The molecule has 2 rings (SSSR count). The standard InChI is InChI=1S/C15H21Br/c1-3-11-9-10-12(4-2)15-13(11)7-5-6-8-14(15)16/h9-10,14H,3-8H2,1-2H3. The lowest BCUT2D eigenvalue weighted by atomic mass is 9.90. The van der Waals surface area contributed by atoms with Gasteiger partial charge in [0.15, 0.2) is 0 Å². The molecular formula is C15H21Br. The van der Waals surface area contributed by atoms with Crippen molar-refractivity contribution in [2.24, 2.45) is 0 Å². The molecule has 0 nitrogen and oxygen atoms in total. The van der Waals surface area contributed by atoms with E-state index in [0.717, 1.165) is 6.42 Å². The van der Waals surface area contributed by atoms with Crippen molar-refractivity contribution in [1.82, 2.24) is 0 Å². The van der Waals surface area contributed by atoms with E-state index in [1.807, 2.05) is 0 Å². The lowest BCUT2D eigenvalue weighted by Gasteiger charge is -2.19. The summed E-state index contributed by atoms with van der Waals surface area (Å²) in [5.74, 6) is 0. The molecule has 0 aromatic heterocycles. The second-order valence-electron chi connectivity index (χ2n) is 4.70. The molecule has 88 valence electrons. The van der Waals surface area contributed by atoms with E-state index in [0.29, 0.717) is 4.83 Å². The first-order chi connectivity index (χ1) is 7.77. The third-order valence-corrected chi connectivity index (χ3v) is 4.67. The van der Waals surface area contributed by atoms with Gasteiger partial charge in [0.2, 0.25) is 0 Å². The number of hydrogen-bond donors (Lipinski definition) is 0. The Morgan fingerprint density at radius 3 is 2.50 bits per heavy atom. The van der Waals surface area contributed by atoms with E-state index >= 15 is 0 Å². The average Bonchev–Trinajstić information content (AvgIpc) is 2.51. The fourth-order valence-corrected chi connectivity index (χ4v) is 3.75. The summed E-state index contributed by atoms with van der Waals surface area (Å²) < 4.78 is 0. The lowest BCUT2D eigenvalue weighted by molar-refractivity contribution is 0.706. The smallest absolute Gasteiger partial charge is 0.0400 e. The Bertz CT molecular complexity index is 368. The summed E-state index contributed by atoms with van der Waals surface area (Å²) in [6.45, 7) is 4.54. The van der Waals surface area contributed by atoms with Crippen LogP contribution in [0.15, 0.2) is 12.1 Å². The lowest BCUT2D eigenvalue weighted by Crippen LogP contribution is -2.03. The van der Waals surface area contributed by atoms with Crippen LogP contribution in [0.2, 0.25) is 0 Å². The summed E-state index contributed by atoms with van der Waals surface area (Å²) in [6, 6.07) is 4.69. The molecule has 1 aromatic rings. The number of fused-ring (bicyclic) bond motifs is 1. The van der Waals surface area contributed by atoms with E-state index in [1.54, 1.807) is 22.3 Å². The fraction of sp³-hybridized carbons (Fsp3) is 0.600. The molecule has 0 spiro atoms. The highest BCUT2D eigenvalue weighted by Gasteiger charge is 2.20. The van der Waals surface area contributed by atoms with Gasteiger partial charge in [0, 0.05) is 4.83 Å². The first-order valence-electron chi connectivity index (χ1n) is 6.55. The van der Waals surface area contributed by atoms with Crippen LogP contribution in [0.5, 0.6) is 0 Å². The van der Waals surface area contributed by atoms with Gasteiger partial charge in [-0.1, -0.05) is 48.3 Å². The van der Waals surface area contributed by atoms with E-state index in [9.17, 15) is 0 Å². The number of benzene rings is 1. The van der Waals surface area contributed by atoms with Crippen LogP contribution in [0.3, 0.4) is 0 Å². The minimum absolute atomic E-state index is 0.589. The molecule has 0 amide bonds. The van der Waals surface area contributed by atoms with Crippen molar-refractivity contribution < 1.29 is 0 Å². The topological polar surface area (TPSA) is 0 Å². The monoisotopic (exact) mass is 280 g/mol. The van der Waals surface area contributed by atoms with Gasteiger partial charge in [0.25, 0.3) is 0 Å². The predicted molar refractivity (Wildman–Crippen MR) is 74.4 cm³/mol. The highest BCUT2D eigenvalue weighted by Crippen LogP contribution is 2.38. The number of alkyl halides is 1. The molecule has 1 atom stereocenters. The van der Waals surface area contributed by atoms with Crippen LogP contribution < -0.4 is 0 Å². The molecule has 16 heavy (non-hydrogen) atoms. The molecule has 1 heteroatoms. The normalized spacial score (nSPS) is 20.3. The third-order valence-electron chi connectivity index (χ3n) is 3.75. The van der Waals surface area contributed by atoms with Crippen LogP contribution >= 0.6 is 15.9 Å². The van der Waals surface area contributed by atoms with E-state index in [-0.39, 0.29) is 0 Å². The van der Waals surface area contributed by atoms with E-state index in [1.165, 1.54) is 32.1 Å². The molecule has 0 saturated carbocycles. The van der Waals surface area contributed by atoms with E-state index < -0.39 is 0 Å². The van der Waals surface area contributed by atoms with Crippen molar-refractivity contribution in [3.63, 3.8) is 0 Å². The van der Waals surface area contributed by atoms with Crippen molar-refractivity contribution in [2.75, 3.05) is 0 Å². The van der Waals surface area contributed by atoms with Crippen molar-refractivity contribution >= 4 is 15.9 Å². The van der Waals surface area contributed by atoms with Gasteiger partial charge in [-0.3, -0.25) is 0 Å². The van der Waals surface area contributed by atoms with Crippen LogP contribution in [0.1, 0.15) is 60.2 Å². The SMILES string of the molecule is CCc1ccc(CC)c2c1CCCCC2Br. The van der Waals surface area contributed by atoms with Gasteiger partial charge in [-0.15, -0.1) is 0 Å². The fourth-order valence-electron chi connectivity index (χ4n) is 2.85. The van der Waals surface area contributed by atoms with Crippen LogP contribution in [0, 0.1) is 0 Å². The highest BCUT2D eigenvalue weighted by molar-refractivity contribution is 9.09. The van der Waals surface area contributed by atoms with Gasteiger partial charge in [0.1, 0.15) is 0 Å². The quantitative estimate of drug-likeness (QED) is 0.530. The molecule has 1 aromatic carbocycles. The van der Waals surface area contributed by atoms with Gasteiger partial charge in [0.05, 0.1) is 0 Å². The van der Waals surface area contributed by atoms with Gasteiger partial charge < -0.3 is 0 Å². The van der Waals surface area contributed by atoms with Crippen molar-refractivity contribution in [3.8, 4) is 0 Å². The first-order valence-corrected chi connectivity index (χ1v) is 7.47. The van der Waals surface area contributed by atoms with Crippen molar-refractivity contribution in [2.45, 2.75) is 57.2 Å². The largest absolute Gasteiger partial charge is 0.0839 e. The van der Waals surface area contributed by atoms with E-state index in [4.69, 9.17) is 0 Å². The zero-order chi connectivity index (χ0) is 11.5. The summed E-state index contributed by atoms with van der Waals surface area (Å²) in [7, 11) is 0. The van der Waals surface area contributed by atoms with Gasteiger partial charge >= 0.3 is 0 Å². The van der Waals surface area contributed by atoms with Crippen molar-refractivity contribution in [1.29, 1.82) is 0 Å². The molecule has 0 N–H and O–H groups in total. The summed E-state index contributed by atoms with van der Waals surface area (Å²) in [5.41, 5.74) is 6.40. The molecule has 0 aliphatic heterocycles. The average molecular weight is 281 g/mol. The van der Waals surface area contributed by atoms with Gasteiger partial charge in [-0.05, 0) is 54.4 Å². The summed E-state index contributed by atoms with van der Waals surface area (Å²) in [6.07, 6.45) is 7.63. The van der Waals surface area contributed by atoms with Crippen LogP contribution in [0.25, 0.3) is 0 Å². The molecule has 1 aliphatic carbocycles. The van der Waals surface area contributed by atoms with E-state index in [2.05, 4.69) is 41.9 Å². The number of aryl methyl sites for hydroxylation is 2. The summed E-state index contributed by atoms with van der Waals surface area (Å²) in [5, 5.41) is 0. The van der Waals surface area contributed by atoms with Crippen LogP contribution in [0.4, 0.5) is 0 Å². The Hall–Kier alpha value is -0.300. The molecule has 1 unspecified atom stereocenters. The minimum Gasteiger partial charge on any atom is -0.0839 e. The Labute approximate surface area is 108 Å². The molecule has 0 bridgehead atoms. The minimum atomic E-state index is 0.589.